The van der Waals surface area contributed by atoms with Gasteiger partial charge in [0.15, 0.2) is 5.54 Å². The first-order valence-corrected chi connectivity index (χ1v) is 4.89. The van der Waals surface area contributed by atoms with Crippen molar-refractivity contribution in [1.29, 1.82) is 0 Å². The van der Waals surface area contributed by atoms with Crippen LogP contribution in [0, 0.1) is 0 Å². The van der Waals surface area contributed by atoms with Crippen molar-refractivity contribution in [2.24, 2.45) is 5.84 Å². The molecule has 0 fully saturated rings. The van der Waals surface area contributed by atoms with E-state index in [0.29, 0.717) is 17.2 Å². The van der Waals surface area contributed by atoms with E-state index in [9.17, 15) is 9.90 Å². The topological polar surface area (TPSA) is 109 Å². The van der Waals surface area contributed by atoms with E-state index in [-0.39, 0.29) is 0 Å². The minimum absolute atomic E-state index is 0.292. The Balaban J connectivity index is 3.48. The van der Waals surface area contributed by atoms with Gasteiger partial charge < -0.3 is 5.11 Å². The predicted octanol–water partition coefficient (Wildman–Crippen LogP) is -1.94. The Kier molecular flexibility index (Phi) is 3.04. The van der Waals surface area contributed by atoms with Crippen molar-refractivity contribution in [3.05, 3.63) is 11.3 Å². The van der Waals surface area contributed by atoms with Gasteiger partial charge in [-0.05, 0) is 20.8 Å². The number of hydrogen-bond donors (Lipinski definition) is 4. The van der Waals surface area contributed by atoms with Crippen molar-refractivity contribution >= 4 is 11.9 Å². The highest BCUT2D eigenvalue weighted by atomic mass is 16.4. The molecule has 0 aliphatic carbocycles. The lowest BCUT2D eigenvalue weighted by Gasteiger charge is -2.33. The Morgan fingerprint density at radius 2 is 2.12 bits per heavy atom. The SMILES string of the molecule is CC1=C(C(=O)O)C(C)(C)N(NN)C([NH3+])=[N+]1C. The first kappa shape index (κ1) is 12.6. The maximum absolute atomic E-state index is 11.3. The lowest BCUT2D eigenvalue weighted by Crippen LogP contribution is -2.78. The van der Waals surface area contributed by atoms with Gasteiger partial charge in [0.05, 0.1) is 7.05 Å². The van der Waals surface area contributed by atoms with Gasteiger partial charge in [0, 0.05) is 0 Å². The van der Waals surface area contributed by atoms with Crippen molar-refractivity contribution in [3.63, 3.8) is 0 Å². The molecule has 90 valence electrons. The second-order valence-corrected chi connectivity index (χ2v) is 4.26. The van der Waals surface area contributed by atoms with Crippen LogP contribution < -0.4 is 17.1 Å². The van der Waals surface area contributed by atoms with Gasteiger partial charge in [0.1, 0.15) is 11.3 Å². The molecule has 0 aromatic rings. The third-order valence-corrected chi connectivity index (χ3v) is 3.02. The number of allylic oxidation sites excluding steroid dienone is 1. The molecule has 16 heavy (non-hydrogen) atoms. The molecule has 0 bridgehead atoms. The number of guanidine groups is 1. The maximum Gasteiger partial charge on any atom is 0.466 e. The summed E-state index contributed by atoms with van der Waals surface area (Å²) >= 11 is 0. The molecule has 7 heteroatoms. The van der Waals surface area contributed by atoms with Crippen molar-refractivity contribution in [3.8, 4) is 0 Å². The number of carboxylic acid groups (broad SMARTS) is 1. The first-order valence-electron chi connectivity index (χ1n) is 4.89. The van der Waals surface area contributed by atoms with Crippen LogP contribution in [0.2, 0.25) is 0 Å². The summed E-state index contributed by atoms with van der Waals surface area (Å²) in [4.78, 5) is 11.3. The lowest BCUT2D eigenvalue weighted by atomic mass is 9.90. The number of quaternary nitrogens is 1. The first-order chi connectivity index (χ1) is 7.25. The summed E-state index contributed by atoms with van der Waals surface area (Å²) < 4.78 is 1.69. The zero-order valence-corrected chi connectivity index (χ0v) is 10.0. The summed E-state index contributed by atoms with van der Waals surface area (Å²) in [6, 6.07) is 0. The third-order valence-electron chi connectivity index (χ3n) is 3.02. The van der Waals surface area contributed by atoms with Crippen molar-refractivity contribution in [1.82, 2.24) is 10.5 Å². The van der Waals surface area contributed by atoms with Crippen molar-refractivity contribution in [2.75, 3.05) is 7.05 Å². The Morgan fingerprint density at radius 3 is 2.50 bits per heavy atom. The van der Waals surface area contributed by atoms with Gasteiger partial charge in [0.2, 0.25) is 0 Å². The van der Waals surface area contributed by atoms with Crippen LogP contribution in [0.25, 0.3) is 0 Å². The van der Waals surface area contributed by atoms with Crippen LogP contribution in [0.1, 0.15) is 20.8 Å². The van der Waals surface area contributed by atoms with E-state index in [1.54, 1.807) is 32.4 Å². The largest absolute Gasteiger partial charge is 0.478 e. The van der Waals surface area contributed by atoms with Gasteiger partial charge in [0.25, 0.3) is 0 Å². The number of nitrogens with zero attached hydrogens (tertiary/aromatic N) is 2. The smallest absolute Gasteiger partial charge is 0.466 e. The molecule has 7 nitrogen and oxygen atoms in total. The normalized spacial score (nSPS) is 20.5. The van der Waals surface area contributed by atoms with E-state index in [0.717, 1.165) is 0 Å². The average molecular weight is 229 g/mol. The highest BCUT2D eigenvalue weighted by Crippen LogP contribution is 2.28. The molecule has 0 spiro atoms. The molecule has 0 saturated heterocycles. The summed E-state index contributed by atoms with van der Waals surface area (Å²) in [5.74, 6) is 5.06. The minimum atomic E-state index is -0.956. The molecule has 1 heterocycles. The van der Waals surface area contributed by atoms with Crippen LogP contribution in [0.15, 0.2) is 11.3 Å². The van der Waals surface area contributed by atoms with Crippen LogP contribution in [-0.2, 0) is 4.79 Å². The highest BCUT2D eigenvalue weighted by molar-refractivity contribution is 5.91. The molecule has 1 aliphatic heterocycles. The number of carboxylic acids is 1. The number of hydrazine groups is 2. The molecule has 1 aliphatic rings. The Bertz CT molecular complexity index is 397. The van der Waals surface area contributed by atoms with Gasteiger partial charge in [-0.2, -0.15) is 4.58 Å². The fourth-order valence-electron chi connectivity index (χ4n) is 2.04. The molecule has 0 atom stereocenters. The average Bonchev–Trinajstić information content (AvgIpc) is 2.14. The Hall–Kier alpha value is -1.44. The fraction of sp³-hybridized carbons (Fsp3) is 0.556. The number of hydrogen-bond acceptors (Lipinski definition) is 4. The van der Waals surface area contributed by atoms with Crippen LogP contribution in [0.5, 0.6) is 0 Å². The van der Waals surface area contributed by atoms with E-state index >= 15 is 0 Å². The van der Waals surface area contributed by atoms with Gasteiger partial charge in [-0.15, -0.1) is 5.01 Å². The number of nitrogens with one attached hydrogen (secondary N) is 1. The maximum atomic E-state index is 11.3. The standard InChI is InChI=1S/C9H17N5O2/c1-5-6(7(15)16)9(2,3)14(12-11)8(10)13(5)4/h10,12H,11H2,1-4H3,(H,15,16)/p+2. The van der Waals surface area contributed by atoms with E-state index in [1.165, 1.54) is 5.01 Å². The van der Waals surface area contributed by atoms with Crippen molar-refractivity contribution in [2.45, 2.75) is 26.3 Å². The van der Waals surface area contributed by atoms with Gasteiger partial charge in [-0.25, -0.2) is 10.6 Å². The highest BCUT2D eigenvalue weighted by Gasteiger charge is 2.50. The van der Waals surface area contributed by atoms with Crippen molar-refractivity contribution < 1.29 is 20.2 Å². The zero-order valence-electron chi connectivity index (χ0n) is 10.0. The molecule has 0 saturated carbocycles. The molecular formula is C9H19N5O2+2. The molecule has 0 amide bonds. The number of carbonyl (C=O) groups is 1. The molecular weight excluding hydrogens is 210 g/mol. The van der Waals surface area contributed by atoms with Crippen LogP contribution >= 0.6 is 0 Å². The number of nitrogens with two attached hydrogens (primary N) is 1. The minimum Gasteiger partial charge on any atom is -0.478 e. The summed E-state index contributed by atoms with van der Waals surface area (Å²) in [6.45, 7) is 5.31. The second-order valence-electron chi connectivity index (χ2n) is 4.26. The molecule has 1 rings (SSSR count). The van der Waals surface area contributed by atoms with Gasteiger partial charge in [-0.1, -0.05) is 5.53 Å². The van der Waals surface area contributed by atoms with E-state index in [4.69, 9.17) is 5.84 Å². The Labute approximate surface area is 94.0 Å². The second kappa shape index (κ2) is 3.85. The number of rotatable bonds is 2. The summed E-state index contributed by atoms with van der Waals surface area (Å²) in [5, 5.41) is 10.8. The van der Waals surface area contributed by atoms with Crippen LogP contribution in [0.3, 0.4) is 0 Å². The molecule has 0 unspecified atom stereocenters. The zero-order chi connectivity index (χ0) is 12.7. The predicted molar refractivity (Wildman–Crippen MR) is 57.7 cm³/mol. The quantitative estimate of drug-likeness (QED) is 0.250. The fourth-order valence-corrected chi connectivity index (χ4v) is 2.04. The monoisotopic (exact) mass is 229 g/mol. The summed E-state index contributed by atoms with van der Waals surface area (Å²) in [5.41, 5.74) is 6.54. The molecule has 7 N–H and O–H groups in total. The van der Waals surface area contributed by atoms with E-state index in [2.05, 4.69) is 11.3 Å². The summed E-state index contributed by atoms with van der Waals surface area (Å²) in [6.07, 6.45) is 0. The summed E-state index contributed by atoms with van der Waals surface area (Å²) in [7, 11) is 1.75. The van der Waals surface area contributed by atoms with Gasteiger partial charge >= 0.3 is 11.9 Å². The molecule has 0 aromatic carbocycles. The van der Waals surface area contributed by atoms with Gasteiger partial charge in [-0.3, -0.25) is 5.73 Å². The van der Waals surface area contributed by atoms with Crippen LogP contribution in [-0.4, -0.2) is 39.2 Å². The van der Waals surface area contributed by atoms with E-state index in [1.807, 2.05) is 0 Å². The lowest BCUT2D eigenvalue weighted by molar-refractivity contribution is -0.509. The molecule has 0 aromatic heterocycles. The Morgan fingerprint density at radius 1 is 1.62 bits per heavy atom. The molecule has 0 radical (unpaired) electrons. The number of aliphatic carboxylic acids is 1. The third kappa shape index (κ3) is 1.58. The van der Waals surface area contributed by atoms with Crippen LogP contribution in [0.4, 0.5) is 0 Å². The van der Waals surface area contributed by atoms with E-state index < -0.39 is 11.5 Å².